The minimum absolute atomic E-state index is 0.186. The van der Waals surface area contributed by atoms with Crippen molar-refractivity contribution in [2.24, 2.45) is 0 Å². The van der Waals surface area contributed by atoms with E-state index < -0.39 is 17.7 Å². The molecular weight excluding hydrogens is 386 g/mol. The zero-order chi connectivity index (χ0) is 21.9. The zero-order valence-corrected chi connectivity index (χ0v) is 18.5. The minimum Gasteiger partial charge on any atom is -0.447 e. The van der Waals surface area contributed by atoms with E-state index in [9.17, 15) is 9.59 Å². The average Bonchev–Trinajstić information content (AvgIpc) is 2.98. The Bertz CT molecular complexity index is 826. The van der Waals surface area contributed by atoms with Gasteiger partial charge in [0, 0.05) is 25.9 Å². The number of aryl methyl sites for hydroxylation is 3. The SMILES string of the molecule is CCOC(=O)OC1=C(c2c(CC)cc(C)cc2CC)C(=O)OC12CCN(OC)CC2. The number of hydrogen-bond acceptors (Lipinski definition) is 7. The molecule has 7 heteroatoms. The quantitative estimate of drug-likeness (QED) is 0.649. The van der Waals surface area contributed by atoms with E-state index in [4.69, 9.17) is 19.0 Å². The Morgan fingerprint density at radius 2 is 1.73 bits per heavy atom. The molecule has 1 aromatic carbocycles. The number of benzene rings is 1. The highest BCUT2D eigenvalue weighted by atomic mass is 16.7. The molecule has 164 valence electrons. The second kappa shape index (κ2) is 9.18. The monoisotopic (exact) mass is 417 g/mol. The molecule has 0 unspecified atom stereocenters. The van der Waals surface area contributed by atoms with Gasteiger partial charge in [0.1, 0.15) is 5.57 Å². The number of ether oxygens (including phenoxy) is 3. The Morgan fingerprint density at radius 3 is 2.23 bits per heavy atom. The van der Waals surface area contributed by atoms with E-state index in [-0.39, 0.29) is 12.4 Å². The number of piperidine rings is 1. The Hall–Kier alpha value is -2.38. The van der Waals surface area contributed by atoms with Crippen LogP contribution in [-0.4, -0.2) is 49.6 Å². The maximum absolute atomic E-state index is 13.2. The number of hydroxylamine groups is 2. The van der Waals surface area contributed by atoms with Crippen LogP contribution in [0.25, 0.3) is 5.57 Å². The van der Waals surface area contributed by atoms with Crippen LogP contribution in [0.5, 0.6) is 0 Å². The van der Waals surface area contributed by atoms with Crippen LogP contribution >= 0.6 is 0 Å². The van der Waals surface area contributed by atoms with E-state index in [0.29, 0.717) is 31.5 Å². The third-order valence-electron chi connectivity index (χ3n) is 5.83. The highest BCUT2D eigenvalue weighted by Crippen LogP contribution is 2.46. The molecule has 1 saturated heterocycles. The molecule has 0 atom stereocenters. The van der Waals surface area contributed by atoms with Crippen LogP contribution in [0.15, 0.2) is 17.9 Å². The molecule has 0 bridgehead atoms. The predicted octanol–water partition coefficient (Wildman–Crippen LogP) is 3.96. The summed E-state index contributed by atoms with van der Waals surface area (Å²) in [6.45, 7) is 9.16. The summed E-state index contributed by atoms with van der Waals surface area (Å²) in [4.78, 5) is 30.8. The van der Waals surface area contributed by atoms with Crippen LogP contribution in [0, 0.1) is 6.92 Å². The van der Waals surface area contributed by atoms with Gasteiger partial charge in [0.2, 0.25) is 0 Å². The third kappa shape index (κ3) is 4.09. The first kappa shape index (κ1) is 22.3. The number of hydrogen-bond donors (Lipinski definition) is 0. The van der Waals surface area contributed by atoms with Gasteiger partial charge in [-0.15, -0.1) is 0 Å². The maximum Gasteiger partial charge on any atom is 0.513 e. The lowest BCUT2D eigenvalue weighted by atomic mass is 9.85. The van der Waals surface area contributed by atoms with Crippen LogP contribution < -0.4 is 0 Å². The molecular formula is C23H31NO6. The molecule has 30 heavy (non-hydrogen) atoms. The predicted molar refractivity (Wildman–Crippen MR) is 112 cm³/mol. The molecule has 0 N–H and O–H groups in total. The smallest absolute Gasteiger partial charge is 0.447 e. The van der Waals surface area contributed by atoms with Gasteiger partial charge in [0.15, 0.2) is 11.4 Å². The topological polar surface area (TPSA) is 74.3 Å². The summed E-state index contributed by atoms with van der Waals surface area (Å²) in [6.07, 6.45) is 1.62. The molecule has 2 aliphatic heterocycles. The van der Waals surface area contributed by atoms with Crippen molar-refractivity contribution in [2.75, 3.05) is 26.8 Å². The van der Waals surface area contributed by atoms with E-state index >= 15 is 0 Å². The van der Waals surface area contributed by atoms with Gasteiger partial charge >= 0.3 is 12.1 Å². The molecule has 0 saturated carbocycles. The van der Waals surface area contributed by atoms with E-state index in [0.717, 1.165) is 35.1 Å². The normalized spacial score (nSPS) is 18.6. The standard InChI is InChI=1S/C23H31NO6/c1-6-16-13-15(4)14-17(7-2)18(16)19-20(29-22(26)28-8-3)23(30-21(19)25)9-11-24(27-5)12-10-23/h13-14H,6-12H2,1-5H3. The largest absolute Gasteiger partial charge is 0.513 e. The van der Waals surface area contributed by atoms with Crippen molar-refractivity contribution < 1.29 is 28.6 Å². The Balaban J connectivity index is 2.18. The van der Waals surface area contributed by atoms with Crippen molar-refractivity contribution in [1.29, 1.82) is 0 Å². The second-order valence-corrected chi connectivity index (χ2v) is 7.65. The first-order valence-corrected chi connectivity index (χ1v) is 10.6. The molecule has 1 fully saturated rings. The van der Waals surface area contributed by atoms with Crippen LogP contribution in [0.1, 0.15) is 55.9 Å². The fourth-order valence-corrected chi connectivity index (χ4v) is 4.37. The van der Waals surface area contributed by atoms with Crippen LogP contribution in [0.2, 0.25) is 0 Å². The molecule has 0 aliphatic carbocycles. The van der Waals surface area contributed by atoms with Crippen molar-refractivity contribution >= 4 is 17.7 Å². The first-order valence-electron chi connectivity index (χ1n) is 10.6. The maximum atomic E-state index is 13.2. The molecule has 1 aromatic rings. The van der Waals surface area contributed by atoms with Crippen molar-refractivity contribution in [3.05, 3.63) is 40.1 Å². The molecule has 0 amide bonds. The van der Waals surface area contributed by atoms with Crippen LogP contribution in [0.3, 0.4) is 0 Å². The van der Waals surface area contributed by atoms with Crippen molar-refractivity contribution in [2.45, 2.75) is 59.0 Å². The van der Waals surface area contributed by atoms with Crippen molar-refractivity contribution in [1.82, 2.24) is 5.06 Å². The summed E-state index contributed by atoms with van der Waals surface area (Å²) in [5.41, 5.74) is 3.39. The van der Waals surface area contributed by atoms with Gasteiger partial charge in [-0.05, 0) is 43.4 Å². The number of nitrogens with zero attached hydrogens (tertiary/aromatic N) is 1. The number of esters is 1. The Morgan fingerprint density at radius 1 is 1.13 bits per heavy atom. The fourth-order valence-electron chi connectivity index (χ4n) is 4.37. The summed E-state index contributed by atoms with van der Waals surface area (Å²) in [5, 5.41) is 1.81. The van der Waals surface area contributed by atoms with Gasteiger partial charge in [0.05, 0.1) is 13.7 Å². The highest BCUT2D eigenvalue weighted by Gasteiger charge is 2.53. The molecule has 1 spiro atoms. The Labute approximate surface area is 177 Å². The lowest BCUT2D eigenvalue weighted by Crippen LogP contribution is -2.46. The number of carbonyl (C=O) groups is 2. The van der Waals surface area contributed by atoms with Crippen LogP contribution in [0.4, 0.5) is 4.79 Å². The van der Waals surface area contributed by atoms with Gasteiger partial charge in [-0.3, -0.25) is 0 Å². The number of rotatable bonds is 6. The van der Waals surface area contributed by atoms with Crippen molar-refractivity contribution in [3.8, 4) is 0 Å². The summed E-state index contributed by atoms with van der Waals surface area (Å²) >= 11 is 0. The Kier molecular flexibility index (Phi) is 6.83. The van der Waals surface area contributed by atoms with Crippen LogP contribution in [-0.2, 0) is 36.7 Å². The van der Waals surface area contributed by atoms with E-state index in [1.807, 2.05) is 6.92 Å². The lowest BCUT2D eigenvalue weighted by Gasteiger charge is -2.37. The van der Waals surface area contributed by atoms with Gasteiger partial charge in [-0.1, -0.05) is 31.5 Å². The zero-order valence-electron chi connectivity index (χ0n) is 18.5. The molecule has 2 heterocycles. The van der Waals surface area contributed by atoms with Gasteiger partial charge < -0.3 is 19.0 Å². The minimum atomic E-state index is -0.991. The molecule has 7 nitrogen and oxygen atoms in total. The van der Waals surface area contributed by atoms with E-state index in [1.165, 1.54) is 0 Å². The summed E-state index contributed by atoms with van der Waals surface area (Å²) < 4.78 is 16.7. The average molecular weight is 418 g/mol. The molecule has 3 rings (SSSR count). The molecule has 0 radical (unpaired) electrons. The van der Waals surface area contributed by atoms with Gasteiger partial charge in [-0.2, -0.15) is 5.06 Å². The highest BCUT2D eigenvalue weighted by molar-refractivity contribution is 6.20. The third-order valence-corrected chi connectivity index (χ3v) is 5.83. The fraction of sp³-hybridized carbons (Fsp3) is 0.565. The summed E-state index contributed by atoms with van der Waals surface area (Å²) in [5.74, 6) is -0.177. The first-order chi connectivity index (χ1) is 14.4. The number of carbonyl (C=O) groups excluding carboxylic acids is 2. The molecule has 0 aromatic heterocycles. The van der Waals surface area contributed by atoms with Gasteiger partial charge in [-0.25, -0.2) is 9.59 Å². The van der Waals surface area contributed by atoms with E-state index in [2.05, 4.69) is 26.0 Å². The second-order valence-electron chi connectivity index (χ2n) is 7.65. The summed E-state index contributed by atoms with van der Waals surface area (Å²) in [7, 11) is 1.61. The van der Waals surface area contributed by atoms with E-state index in [1.54, 1.807) is 19.1 Å². The molecule has 2 aliphatic rings. The van der Waals surface area contributed by atoms with Crippen molar-refractivity contribution in [3.63, 3.8) is 0 Å². The lowest BCUT2D eigenvalue weighted by molar-refractivity contribution is -0.183. The summed E-state index contributed by atoms with van der Waals surface area (Å²) in [6, 6.07) is 4.16. The van der Waals surface area contributed by atoms with Gasteiger partial charge in [0.25, 0.3) is 0 Å².